The molecule has 0 saturated carbocycles. The average molecular weight is 277 g/mol. The highest BCUT2D eigenvalue weighted by molar-refractivity contribution is 6.32. The van der Waals surface area contributed by atoms with Crippen LogP contribution in [0.1, 0.15) is 5.56 Å². The lowest BCUT2D eigenvalue weighted by atomic mass is 10.1. The lowest BCUT2D eigenvalue weighted by Crippen LogP contribution is -2.03. The fraction of sp³-hybridized carbons (Fsp3) is 0.0714. The molecule has 5 heteroatoms. The van der Waals surface area contributed by atoms with Gasteiger partial charge >= 0.3 is 5.63 Å². The average Bonchev–Trinajstić information content (AvgIpc) is 2.86. The summed E-state index contributed by atoms with van der Waals surface area (Å²) in [6, 6.07) is 6.38. The fourth-order valence-electron chi connectivity index (χ4n) is 1.94. The third kappa shape index (κ3) is 1.81. The zero-order chi connectivity index (χ0) is 13.6. The molecular formula is C14H9ClO4. The molecule has 0 aliphatic heterocycles. The molecule has 0 fully saturated rings. The molecule has 0 aliphatic carbocycles. The van der Waals surface area contributed by atoms with Crippen LogP contribution in [0.25, 0.3) is 22.3 Å². The van der Waals surface area contributed by atoms with E-state index in [1.54, 1.807) is 31.2 Å². The summed E-state index contributed by atoms with van der Waals surface area (Å²) in [5.74, 6) is 0.0629. The van der Waals surface area contributed by atoms with E-state index in [1.165, 1.54) is 6.26 Å². The number of halogens is 1. The van der Waals surface area contributed by atoms with E-state index in [9.17, 15) is 9.90 Å². The molecule has 0 spiro atoms. The summed E-state index contributed by atoms with van der Waals surface area (Å²) in [5.41, 5.74) is 0.404. The van der Waals surface area contributed by atoms with Gasteiger partial charge < -0.3 is 13.9 Å². The van der Waals surface area contributed by atoms with Crippen molar-refractivity contribution in [1.29, 1.82) is 0 Å². The van der Waals surface area contributed by atoms with E-state index < -0.39 is 5.63 Å². The zero-order valence-electron chi connectivity index (χ0n) is 9.94. The smallest absolute Gasteiger partial charge is 0.351 e. The number of furan rings is 1. The molecule has 3 aromatic rings. The number of hydrogen-bond donors (Lipinski definition) is 1. The van der Waals surface area contributed by atoms with Crippen molar-refractivity contribution >= 4 is 22.6 Å². The summed E-state index contributed by atoms with van der Waals surface area (Å²) >= 11 is 6.02. The molecular weight excluding hydrogens is 268 g/mol. The third-order valence-electron chi connectivity index (χ3n) is 2.93. The Balaban J connectivity index is 2.43. The largest absolute Gasteiger partial charge is 0.506 e. The monoisotopic (exact) mass is 276 g/mol. The Morgan fingerprint density at radius 3 is 2.79 bits per heavy atom. The minimum absolute atomic E-state index is 0.00239. The van der Waals surface area contributed by atoms with E-state index in [1.807, 2.05) is 0 Å². The summed E-state index contributed by atoms with van der Waals surface area (Å²) in [4.78, 5) is 11.9. The van der Waals surface area contributed by atoms with Crippen LogP contribution in [0.4, 0.5) is 0 Å². The first-order valence-electron chi connectivity index (χ1n) is 5.57. The second-order valence-electron chi connectivity index (χ2n) is 4.19. The molecule has 0 aliphatic rings. The molecule has 2 heterocycles. The maximum atomic E-state index is 11.9. The minimum atomic E-state index is -0.651. The van der Waals surface area contributed by atoms with Gasteiger partial charge in [-0.1, -0.05) is 11.6 Å². The molecule has 1 aromatic carbocycles. The van der Waals surface area contributed by atoms with Gasteiger partial charge in [-0.15, -0.1) is 0 Å². The molecule has 19 heavy (non-hydrogen) atoms. The van der Waals surface area contributed by atoms with Crippen LogP contribution in [-0.4, -0.2) is 5.11 Å². The molecule has 1 N–H and O–H groups in total. The van der Waals surface area contributed by atoms with Crippen LogP contribution in [-0.2, 0) is 0 Å². The van der Waals surface area contributed by atoms with Gasteiger partial charge in [-0.25, -0.2) is 4.79 Å². The highest BCUT2D eigenvalue weighted by Gasteiger charge is 2.18. The second-order valence-corrected chi connectivity index (χ2v) is 4.60. The number of rotatable bonds is 1. The van der Waals surface area contributed by atoms with Crippen LogP contribution in [0.2, 0.25) is 5.02 Å². The molecule has 0 atom stereocenters. The molecule has 0 saturated heterocycles. The lowest BCUT2D eigenvalue weighted by molar-refractivity contribution is 0.465. The molecule has 0 radical (unpaired) electrons. The zero-order valence-corrected chi connectivity index (χ0v) is 10.7. The van der Waals surface area contributed by atoms with Gasteiger partial charge in [-0.3, -0.25) is 0 Å². The highest BCUT2D eigenvalue weighted by Crippen LogP contribution is 2.35. The summed E-state index contributed by atoms with van der Waals surface area (Å²) in [6.45, 7) is 1.79. The van der Waals surface area contributed by atoms with Gasteiger partial charge in [-0.2, -0.15) is 0 Å². The maximum absolute atomic E-state index is 11.9. The predicted molar refractivity (Wildman–Crippen MR) is 71.6 cm³/mol. The summed E-state index contributed by atoms with van der Waals surface area (Å²) < 4.78 is 10.3. The number of benzene rings is 1. The van der Waals surface area contributed by atoms with Crippen molar-refractivity contribution < 1.29 is 13.9 Å². The summed E-state index contributed by atoms with van der Waals surface area (Å²) in [7, 11) is 0. The standard InChI is InChI=1S/C14H9ClO4/c1-7-5-11-8(6-9(7)15)13(16)12(14(17)19-11)10-3-2-4-18-10/h2-6,16H,1H3. The molecule has 3 rings (SSSR count). The van der Waals surface area contributed by atoms with E-state index >= 15 is 0 Å². The minimum Gasteiger partial charge on any atom is -0.506 e. The summed E-state index contributed by atoms with van der Waals surface area (Å²) in [6.07, 6.45) is 1.42. The van der Waals surface area contributed by atoms with Crippen LogP contribution in [0.15, 0.2) is 44.2 Å². The molecule has 0 amide bonds. The first kappa shape index (κ1) is 11.9. The van der Waals surface area contributed by atoms with Crippen molar-refractivity contribution in [2.45, 2.75) is 6.92 Å². The third-order valence-corrected chi connectivity index (χ3v) is 3.33. The molecule has 4 nitrogen and oxygen atoms in total. The molecule has 96 valence electrons. The van der Waals surface area contributed by atoms with Crippen molar-refractivity contribution in [3.8, 4) is 17.1 Å². The Bertz CT molecular complexity index is 816. The molecule has 0 bridgehead atoms. The SMILES string of the molecule is Cc1cc2oc(=O)c(-c3ccco3)c(O)c2cc1Cl. The van der Waals surface area contributed by atoms with Gasteiger partial charge in [-0.05, 0) is 36.8 Å². The van der Waals surface area contributed by atoms with Crippen molar-refractivity contribution in [3.63, 3.8) is 0 Å². The molecule has 2 aromatic heterocycles. The number of hydrogen-bond acceptors (Lipinski definition) is 4. The van der Waals surface area contributed by atoms with Crippen LogP contribution in [0.3, 0.4) is 0 Å². The van der Waals surface area contributed by atoms with Crippen molar-refractivity contribution in [2.75, 3.05) is 0 Å². The Labute approximate surface area is 112 Å². The van der Waals surface area contributed by atoms with Crippen molar-refractivity contribution in [2.24, 2.45) is 0 Å². The van der Waals surface area contributed by atoms with Gasteiger partial charge in [0.25, 0.3) is 0 Å². The first-order valence-corrected chi connectivity index (χ1v) is 5.95. The number of fused-ring (bicyclic) bond motifs is 1. The van der Waals surface area contributed by atoms with E-state index in [0.29, 0.717) is 16.0 Å². The predicted octanol–water partition coefficient (Wildman–Crippen LogP) is 3.72. The Kier molecular flexibility index (Phi) is 2.61. The molecule has 0 unspecified atom stereocenters. The first-order chi connectivity index (χ1) is 9.08. The van der Waals surface area contributed by atoms with Crippen LogP contribution < -0.4 is 5.63 Å². The van der Waals surface area contributed by atoms with Gasteiger partial charge in [0.1, 0.15) is 22.7 Å². The topological polar surface area (TPSA) is 63.6 Å². The van der Waals surface area contributed by atoms with Gasteiger partial charge in [0, 0.05) is 5.02 Å². The van der Waals surface area contributed by atoms with Crippen LogP contribution >= 0.6 is 11.6 Å². The van der Waals surface area contributed by atoms with Crippen molar-refractivity contribution in [1.82, 2.24) is 0 Å². The summed E-state index contributed by atoms with van der Waals surface area (Å²) in [5, 5.41) is 11.1. The second kappa shape index (κ2) is 4.17. The quantitative estimate of drug-likeness (QED) is 0.688. The Morgan fingerprint density at radius 2 is 2.11 bits per heavy atom. The number of aryl methyl sites for hydroxylation is 1. The van der Waals surface area contributed by atoms with Gasteiger partial charge in [0.15, 0.2) is 0 Å². The maximum Gasteiger partial charge on any atom is 0.351 e. The fourth-order valence-corrected chi connectivity index (χ4v) is 2.11. The van der Waals surface area contributed by atoms with E-state index in [2.05, 4.69) is 0 Å². The van der Waals surface area contributed by atoms with Gasteiger partial charge in [0.05, 0.1) is 11.6 Å². The Morgan fingerprint density at radius 1 is 1.32 bits per heavy atom. The lowest BCUT2D eigenvalue weighted by Gasteiger charge is -2.06. The van der Waals surface area contributed by atoms with Gasteiger partial charge in [0.2, 0.25) is 0 Å². The van der Waals surface area contributed by atoms with E-state index in [0.717, 1.165) is 5.56 Å². The van der Waals surface area contributed by atoms with E-state index in [-0.39, 0.29) is 17.1 Å². The van der Waals surface area contributed by atoms with Crippen LogP contribution in [0.5, 0.6) is 5.75 Å². The normalized spacial score (nSPS) is 11.1. The van der Waals surface area contributed by atoms with E-state index in [4.69, 9.17) is 20.4 Å². The highest BCUT2D eigenvalue weighted by atomic mass is 35.5. The number of aromatic hydroxyl groups is 1. The Hall–Kier alpha value is -2.20. The van der Waals surface area contributed by atoms with Crippen molar-refractivity contribution in [3.05, 3.63) is 51.5 Å². The van der Waals surface area contributed by atoms with Crippen LogP contribution in [0, 0.1) is 6.92 Å².